The number of hydrogen-bond acceptors (Lipinski definition) is 7. The van der Waals surface area contributed by atoms with E-state index >= 15 is 4.39 Å². The molecule has 2 aromatic rings. The Hall–Kier alpha value is -3.05. The predicted octanol–water partition coefficient (Wildman–Crippen LogP) is 0.720. The van der Waals surface area contributed by atoms with Crippen molar-refractivity contribution in [1.82, 2.24) is 14.9 Å². The molecule has 2 aromatic heterocycles. The summed E-state index contributed by atoms with van der Waals surface area (Å²) < 4.78 is 16.7. The first kappa shape index (κ1) is 23.1. The van der Waals surface area contributed by atoms with Gasteiger partial charge in [-0.05, 0) is 44.7 Å². The third kappa shape index (κ3) is 4.83. The molecule has 33 heavy (non-hydrogen) atoms. The number of rotatable bonds is 9. The predicted molar refractivity (Wildman–Crippen MR) is 121 cm³/mol. The molecule has 0 radical (unpaired) electrons. The molecule has 1 amide bonds. The van der Waals surface area contributed by atoms with Crippen LogP contribution >= 0.6 is 0 Å². The number of anilines is 1. The van der Waals surface area contributed by atoms with Crippen molar-refractivity contribution in [2.75, 3.05) is 24.5 Å². The van der Waals surface area contributed by atoms with Crippen LogP contribution in [0, 0.1) is 5.82 Å². The number of unbranched alkanes of at least 4 members (excludes halogenated alkanes) is 1. The normalized spacial score (nSPS) is 19.1. The Morgan fingerprint density at radius 3 is 2.73 bits per heavy atom. The van der Waals surface area contributed by atoms with Crippen LogP contribution in [0.15, 0.2) is 17.1 Å². The lowest BCUT2D eigenvalue weighted by Gasteiger charge is -2.21. The van der Waals surface area contributed by atoms with Gasteiger partial charge in [0.25, 0.3) is 0 Å². The molecule has 10 nitrogen and oxygen atoms in total. The molecule has 1 saturated carbocycles. The first-order chi connectivity index (χ1) is 15.8. The van der Waals surface area contributed by atoms with Crippen LogP contribution in [0.4, 0.5) is 10.2 Å². The summed E-state index contributed by atoms with van der Waals surface area (Å²) in [6, 6.07) is 0.306. The van der Waals surface area contributed by atoms with Crippen molar-refractivity contribution < 1.29 is 19.1 Å². The molecule has 2 atom stereocenters. The van der Waals surface area contributed by atoms with Gasteiger partial charge in [-0.1, -0.05) is 6.42 Å². The quantitative estimate of drug-likeness (QED) is 0.399. The van der Waals surface area contributed by atoms with Gasteiger partial charge in [0.05, 0.1) is 11.4 Å². The Labute approximate surface area is 189 Å². The van der Waals surface area contributed by atoms with Gasteiger partial charge in [-0.3, -0.25) is 9.59 Å². The minimum atomic E-state index is -1.35. The molecule has 0 bridgehead atoms. The van der Waals surface area contributed by atoms with Crippen molar-refractivity contribution in [3.05, 3.63) is 33.9 Å². The number of halogens is 1. The summed E-state index contributed by atoms with van der Waals surface area (Å²) in [6.45, 7) is 1.39. The first-order valence-electron chi connectivity index (χ1n) is 11.3. The number of carbonyl (C=O) groups is 2. The summed E-state index contributed by atoms with van der Waals surface area (Å²) in [5, 5.41) is 12.2. The number of nitrogens with one attached hydrogen (secondary N) is 1. The summed E-state index contributed by atoms with van der Waals surface area (Å²) in [7, 11) is 0. The average Bonchev–Trinajstić information content (AvgIpc) is 3.52. The zero-order valence-electron chi connectivity index (χ0n) is 18.3. The average molecular weight is 461 g/mol. The highest BCUT2D eigenvalue weighted by molar-refractivity contribution is 5.92. The number of carbonyl (C=O) groups excluding carboxylic acids is 1. The molecule has 4 rings (SSSR count). The van der Waals surface area contributed by atoms with E-state index in [0.717, 1.165) is 31.7 Å². The highest BCUT2D eigenvalue weighted by Crippen LogP contribution is 2.37. The minimum Gasteiger partial charge on any atom is -0.477 e. The molecule has 2 fully saturated rings. The van der Waals surface area contributed by atoms with E-state index in [2.05, 4.69) is 10.3 Å². The van der Waals surface area contributed by atoms with Crippen molar-refractivity contribution in [1.29, 1.82) is 0 Å². The number of nitrogens with two attached hydrogens (primary N) is 2. The summed E-state index contributed by atoms with van der Waals surface area (Å²) in [6.07, 6.45) is 5.73. The molecule has 0 aromatic carbocycles. The summed E-state index contributed by atoms with van der Waals surface area (Å²) >= 11 is 0. The number of fused-ring (bicyclic) bond motifs is 1. The van der Waals surface area contributed by atoms with Crippen LogP contribution in [0.3, 0.4) is 0 Å². The molecule has 11 heteroatoms. The van der Waals surface area contributed by atoms with Gasteiger partial charge in [-0.2, -0.15) is 0 Å². The fraction of sp³-hybridized carbons (Fsp3) is 0.545. The third-order valence-electron chi connectivity index (χ3n) is 6.25. The van der Waals surface area contributed by atoms with Gasteiger partial charge in [-0.25, -0.2) is 14.2 Å². The van der Waals surface area contributed by atoms with Crippen LogP contribution in [0.1, 0.15) is 54.9 Å². The number of nitrogens with zero attached hydrogens (tertiary/aromatic N) is 3. The van der Waals surface area contributed by atoms with Crippen LogP contribution in [0.5, 0.6) is 0 Å². The van der Waals surface area contributed by atoms with Crippen LogP contribution in [-0.2, 0) is 4.79 Å². The number of carboxylic acids is 1. The maximum Gasteiger partial charge on any atom is 0.341 e. The van der Waals surface area contributed by atoms with E-state index in [9.17, 15) is 19.5 Å². The van der Waals surface area contributed by atoms with Crippen molar-refractivity contribution in [2.45, 2.75) is 56.7 Å². The second-order valence-corrected chi connectivity index (χ2v) is 8.81. The Balaban J connectivity index is 1.54. The van der Waals surface area contributed by atoms with Gasteiger partial charge in [0, 0.05) is 31.4 Å². The lowest BCUT2D eigenvalue weighted by Crippen LogP contribution is -2.46. The maximum atomic E-state index is 15.0. The summed E-state index contributed by atoms with van der Waals surface area (Å²) in [4.78, 5) is 42.6. The molecular weight excluding hydrogens is 431 g/mol. The van der Waals surface area contributed by atoms with Gasteiger partial charge < -0.3 is 31.4 Å². The smallest absolute Gasteiger partial charge is 0.341 e. The van der Waals surface area contributed by atoms with Crippen molar-refractivity contribution in [3.63, 3.8) is 0 Å². The molecule has 3 heterocycles. The molecular formula is C22H29FN6O4. The summed E-state index contributed by atoms with van der Waals surface area (Å²) in [5.74, 6) is -2.20. The monoisotopic (exact) mass is 460 g/mol. The third-order valence-corrected chi connectivity index (χ3v) is 6.25. The van der Waals surface area contributed by atoms with E-state index in [1.807, 2.05) is 0 Å². The molecule has 1 unspecified atom stereocenters. The number of pyridine rings is 2. The molecule has 1 aliphatic carbocycles. The lowest BCUT2D eigenvalue weighted by atomic mass is 10.1. The van der Waals surface area contributed by atoms with Crippen molar-refractivity contribution in [3.8, 4) is 0 Å². The highest BCUT2D eigenvalue weighted by atomic mass is 19.1. The number of aromatic carboxylic acids is 1. The minimum absolute atomic E-state index is 0.0448. The number of hydrogen-bond donors (Lipinski definition) is 4. The van der Waals surface area contributed by atoms with E-state index in [1.165, 1.54) is 6.20 Å². The Bertz CT molecular complexity index is 1130. The van der Waals surface area contributed by atoms with E-state index in [4.69, 9.17) is 11.5 Å². The molecule has 1 saturated heterocycles. The van der Waals surface area contributed by atoms with Crippen molar-refractivity contribution in [2.24, 2.45) is 11.5 Å². The number of amides is 1. The Morgan fingerprint density at radius 1 is 1.30 bits per heavy atom. The SMILES string of the molecule is NCCCC[C@H](N)C(=O)NC1CCN(c2nc3c(cc2F)c(=O)c(C(=O)O)cn3C2CC2)C1. The zero-order valence-corrected chi connectivity index (χ0v) is 18.3. The van der Waals surface area contributed by atoms with Gasteiger partial charge in [0.15, 0.2) is 11.6 Å². The second-order valence-electron chi connectivity index (χ2n) is 8.81. The molecule has 0 spiro atoms. The topological polar surface area (TPSA) is 157 Å². The maximum absolute atomic E-state index is 15.0. The van der Waals surface area contributed by atoms with Gasteiger partial charge in [0.2, 0.25) is 11.3 Å². The van der Waals surface area contributed by atoms with Gasteiger partial charge in [-0.15, -0.1) is 0 Å². The Morgan fingerprint density at radius 2 is 2.06 bits per heavy atom. The second kappa shape index (κ2) is 9.44. The van der Waals surface area contributed by atoms with Gasteiger partial charge >= 0.3 is 5.97 Å². The van der Waals surface area contributed by atoms with Crippen LogP contribution < -0.4 is 27.1 Å². The fourth-order valence-electron chi connectivity index (χ4n) is 4.26. The zero-order chi connectivity index (χ0) is 23.7. The largest absolute Gasteiger partial charge is 0.477 e. The fourth-order valence-corrected chi connectivity index (χ4v) is 4.26. The van der Waals surface area contributed by atoms with Crippen molar-refractivity contribution >= 4 is 28.7 Å². The number of aromatic nitrogens is 2. The van der Waals surface area contributed by atoms with E-state index in [1.54, 1.807) is 9.47 Å². The molecule has 6 N–H and O–H groups in total. The number of carboxylic acid groups (broad SMARTS) is 1. The molecule has 178 valence electrons. The van der Waals surface area contributed by atoms with Crippen LogP contribution in [0.2, 0.25) is 0 Å². The van der Waals surface area contributed by atoms with Crippen LogP contribution in [-0.4, -0.2) is 58.3 Å². The van der Waals surface area contributed by atoms with E-state index in [-0.39, 0.29) is 34.8 Å². The van der Waals surface area contributed by atoms with Gasteiger partial charge in [0.1, 0.15) is 11.2 Å². The Kier molecular flexibility index (Phi) is 6.61. The molecule has 1 aliphatic heterocycles. The van der Waals surface area contributed by atoms with E-state index in [0.29, 0.717) is 32.5 Å². The van der Waals surface area contributed by atoms with E-state index < -0.39 is 28.8 Å². The first-order valence-corrected chi connectivity index (χ1v) is 11.3. The molecule has 2 aliphatic rings. The standard InChI is InChI=1S/C22H29FN6O4/c23-16-9-14-18(30)15(22(32)33)11-29(13-4-5-13)19(14)27-20(16)28-8-6-12(10-28)26-21(31)17(25)3-1-2-7-24/h9,11-13,17H,1-8,10,24-25H2,(H,26,31)(H,32,33)/t12?,17-/m0/s1. The van der Waals surface area contributed by atoms with Crippen LogP contribution in [0.25, 0.3) is 11.0 Å². The lowest BCUT2D eigenvalue weighted by molar-refractivity contribution is -0.123. The highest BCUT2D eigenvalue weighted by Gasteiger charge is 2.31. The summed E-state index contributed by atoms with van der Waals surface area (Å²) in [5.41, 5.74) is 10.6.